The Morgan fingerprint density at radius 3 is 2.31 bits per heavy atom. The SMILES string of the molecule is CCCC[C@H](NC(=O)C[C@H]1CC[C@@H](NC(=O)OCC2c3ccccc3-c3ccccc32)C1)C(=O)O. The first-order valence-corrected chi connectivity index (χ1v) is 12.6. The van der Waals surface area contributed by atoms with E-state index >= 15 is 0 Å². The second kappa shape index (κ2) is 11.4. The molecule has 2 aliphatic rings. The molecule has 1 fully saturated rings. The summed E-state index contributed by atoms with van der Waals surface area (Å²) < 4.78 is 5.64. The van der Waals surface area contributed by atoms with E-state index in [-0.39, 0.29) is 36.8 Å². The van der Waals surface area contributed by atoms with Crippen LogP contribution in [-0.4, -0.2) is 41.8 Å². The molecule has 2 aromatic carbocycles. The van der Waals surface area contributed by atoms with Crippen LogP contribution >= 0.6 is 0 Å². The van der Waals surface area contributed by atoms with Crippen molar-refractivity contribution in [1.82, 2.24) is 10.6 Å². The molecule has 2 aliphatic carbocycles. The van der Waals surface area contributed by atoms with E-state index in [1.807, 2.05) is 31.2 Å². The van der Waals surface area contributed by atoms with Crippen molar-refractivity contribution in [2.75, 3.05) is 6.61 Å². The Morgan fingerprint density at radius 1 is 1.03 bits per heavy atom. The summed E-state index contributed by atoms with van der Waals surface area (Å²) >= 11 is 0. The maximum absolute atomic E-state index is 12.6. The van der Waals surface area contributed by atoms with Gasteiger partial charge >= 0.3 is 12.1 Å². The van der Waals surface area contributed by atoms with Crippen LogP contribution < -0.4 is 10.6 Å². The predicted molar refractivity (Wildman–Crippen MR) is 133 cm³/mol. The molecule has 0 spiro atoms. The van der Waals surface area contributed by atoms with E-state index < -0.39 is 18.1 Å². The summed E-state index contributed by atoms with van der Waals surface area (Å²) in [5.41, 5.74) is 4.72. The van der Waals surface area contributed by atoms with Crippen molar-refractivity contribution in [3.63, 3.8) is 0 Å². The number of alkyl carbamates (subject to hydrolysis) is 1. The van der Waals surface area contributed by atoms with Gasteiger partial charge in [0.2, 0.25) is 5.91 Å². The zero-order chi connectivity index (χ0) is 24.8. The molecule has 4 rings (SSSR count). The van der Waals surface area contributed by atoms with Crippen molar-refractivity contribution >= 4 is 18.0 Å². The third-order valence-electron chi connectivity index (χ3n) is 7.16. The van der Waals surface area contributed by atoms with Crippen molar-refractivity contribution < 1.29 is 24.2 Å². The topological polar surface area (TPSA) is 105 Å². The third kappa shape index (κ3) is 6.02. The van der Waals surface area contributed by atoms with Crippen LogP contribution in [-0.2, 0) is 14.3 Å². The van der Waals surface area contributed by atoms with E-state index in [1.165, 1.54) is 22.3 Å². The van der Waals surface area contributed by atoms with E-state index in [0.29, 0.717) is 12.8 Å². The molecule has 0 saturated heterocycles. The molecular weight excluding hydrogens is 444 g/mol. The first-order valence-electron chi connectivity index (χ1n) is 12.6. The molecule has 35 heavy (non-hydrogen) atoms. The Kier molecular flexibility index (Phi) is 8.06. The van der Waals surface area contributed by atoms with Crippen molar-refractivity contribution in [3.8, 4) is 11.1 Å². The fourth-order valence-corrected chi connectivity index (χ4v) is 5.38. The lowest BCUT2D eigenvalue weighted by Gasteiger charge is -2.18. The number of hydrogen-bond acceptors (Lipinski definition) is 4. The predicted octanol–water partition coefficient (Wildman–Crippen LogP) is 4.84. The third-order valence-corrected chi connectivity index (χ3v) is 7.16. The number of ether oxygens (including phenoxy) is 1. The molecule has 0 aromatic heterocycles. The molecule has 3 N–H and O–H groups in total. The average molecular weight is 479 g/mol. The maximum atomic E-state index is 12.6. The first-order chi connectivity index (χ1) is 17.0. The van der Waals surface area contributed by atoms with Gasteiger partial charge in [-0.2, -0.15) is 0 Å². The quantitative estimate of drug-likeness (QED) is 0.453. The summed E-state index contributed by atoms with van der Waals surface area (Å²) in [5, 5.41) is 14.9. The number of rotatable bonds is 10. The van der Waals surface area contributed by atoms with Gasteiger partial charge in [0.05, 0.1) is 0 Å². The van der Waals surface area contributed by atoms with Crippen molar-refractivity contribution in [1.29, 1.82) is 0 Å². The van der Waals surface area contributed by atoms with E-state index in [2.05, 4.69) is 34.9 Å². The number of nitrogens with one attached hydrogen (secondary N) is 2. The van der Waals surface area contributed by atoms with Gasteiger partial charge in [-0.1, -0.05) is 68.3 Å². The molecule has 3 atom stereocenters. The number of hydrogen-bond donors (Lipinski definition) is 3. The molecule has 7 nitrogen and oxygen atoms in total. The van der Waals surface area contributed by atoms with Crippen molar-refractivity contribution in [3.05, 3.63) is 59.7 Å². The summed E-state index contributed by atoms with van der Waals surface area (Å²) in [7, 11) is 0. The van der Waals surface area contributed by atoms with Gasteiger partial charge in [-0.25, -0.2) is 9.59 Å². The summed E-state index contributed by atoms with van der Waals surface area (Å²) in [6.07, 6.45) is 4.19. The van der Waals surface area contributed by atoms with Crippen LogP contribution in [0.1, 0.15) is 68.9 Å². The highest BCUT2D eigenvalue weighted by molar-refractivity contribution is 5.83. The molecule has 0 bridgehead atoms. The average Bonchev–Trinajstić information content (AvgIpc) is 3.41. The molecule has 0 unspecified atom stereocenters. The lowest BCUT2D eigenvalue weighted by molar-refractivity contribution is -0.142. The Labute approximate surface area is 206 Å². The molecule has 1 saturated carbocycles. The molecule has 2 amide bonds. The minimum Gasteiger partial charge on any atom is -0.480 e. The number of aliphatic carboxylic acids is 1. The molecule has 7 heteroatoms. The Hall–Kier alpha value is -3.35. The van der Waals surface area contributed by atoms with Crippen LogP contribution in [0, 0.1) is 5.92 Å². The summed E-state index contributed by atoms with van der Waals surface area (Å²) in [6, 6.07) is 15.6. The number of fused-ring (bicyclic) bond motifs is 3. The number of carbonyl (C=O) groups excluding carboxylic acids is 2. The molecular formula is C28H34N2O5. The minimum absolute atomic E-state index is 0.0167. The Bertz CT molecular complexity index is 1020. The molecule has 186 valence electrons. The van der Waals surface area contributed by atoms with Gasteiger partial charge < -0.3 is 20.5 Å². The highest BCUT2D eigenvalue weighted by Gasteiger charge is 2.31. The van der Waals surface area contributed by atoms with Gasteiger partial charge in [0, 0.05) is 18.4 Å². The number of carbonyl (C=O) groups is 3. The first kappa shape index (κ1) is 24.8. The van der Waals surface area contributed by atoms with Crippen LogP contribution in [0.15, 0.2) is 48.5 Å². The number of carboxylic acid groups (broad SMARTS) is 1. The van der Waals surface area contributed by atoms with Crippen molar-refractivity contribution in [2.24, 2.45) is 5.92 Å². The second-order valence-electron chi connectivity index (χ2n) is 9.65. The van der Waals surface area contributed by atoms with E-state index in [1.54, 1.807) is 0 Å². The highest BCUT2D eigenvalue weighted by Crippen LogP contribution is 2.44. The van der Waals surface area contributed by atoms with Crippen LogP contribution in [0.2, 0.25) is 0 Å². The van der Waals surface area contributed by atoms with Crippen LogP contribution in [0.4, 0.5) is 4.79 Å². The lowest BCUT2D eigenvalue weighted by atomic mass is 9.98. The van der Waals surface area contributed by atoms with E-state index in [0.717, 1.165) is 25.7 Å². The molecule has 0 heterocycles. The standard InChI is InChI=1S/C28H34N2O5/c1-2-3-12-25(27(32)33)30-26(31)16-18-13-14-19(15-18)29-28(34)35-17-24-22-10-6-4-8-20(22)21-9-5-7-11-23(21)24/h4-11,18-19,24-25H,2-3,12-17H2,1H3,(H,29,34)(H,30,31)(H,32,33)/t18-,19+,25-/m0/s1. The zero-order valence-electron chi connectivity index (χ0n) is 20.2. The summed E-state index contributed by atoms with van der Waals surface area (Å²) in [5.74, 6) is -1.09. The molecule has 2 aromatic rings. The summed E-state index contributed by atoms with van der Waals surface area (Å²) in [6.45, 7) is 2.26. The largest absolute Gasteiger partial charge is 0.480 e. The van der Waals surface area contributed by atoms with E-state index in [4.69, 9.17) is 4.74 Å². The van der Waals surface area contributed by atoms with Gasteiger partial charge in [0.15, 0.2) is 0 Å². The maximum Gasteiger partial charge on any atom is 0.407 e. The van der Waals surface area contributed by atoms with Gasteiger partial charge in [0.25, 0.3) is 0 Å². The lowest BCUT2D eigenvalue weighted by Crippen LogP contribution is -2.41. The number of carboxylic acids is 1. The normalized spacial score (nSPS) is 19.5. The van der Waals surface area contributed by atoms with Crippen molar-refractivity contribution in [2.45, 2.75) is 69.9 Å². The van der Waals surface area contributed by atoms with Crippen LogP contribution in [0.25, 0.3) is 11.1 Å². The minimum atomic E-state index is -0.993. The van der Waals surface area contributed by atoms with Gasteiger partial charge in [-0.05, 0) is 53.9 Å². The second-order valence-corrected chi connectivity index (χ2v) is 9.65. The van der Waals surface area contributed by atoms with Gasteiger partial charge in [0.1, 0.15) is 12.6 Å². The van der Waals surface area contributed by atoms with Gasteiger partial charge in [-0.3, -0.25) is 4.79 Å². The van der Waals surface area contributed by atoms with Crippen LogP contribution in [0.5, 0.6) is 0 Å². The zero-order valence-corrected chi connectivity index (χ0v) is 20.2. The van der Waals surface area contributed by atoms with E-state index in [9.17, 15) is 19.5 Å². The van der Waals surface area contributed by atoms with Crippen LogP contribution in [0.3, 0.4) is 0 Å². The Morgan fingerprint density at radius 2 is 1.69 bits per heavy atom. The van der Waals surface area contributed by atoms with Gasteiger partial charge in [-0.15, -0.1) is 0 Å². The summed E-state index contributed by atoms with van der Waals surface area (Å²) in [4.78, 5) is 36.3. The fraction of sp³-hybridized carbons (Fsp3) is 0.464. The number of unbranched alkanes of at least 4 members (excludes halogenated alkanes) is 1. The molecule has 0 radical (unpaired) electrons. The number of benzene rings is 2. The number of amides is 2. The fourth-order valence-electron chi connectivity index (χ4n) is 5.38. The Balaban J connectivity index is 1.24. The smallest absolute Gasteiger partial charge is 0.407 e. The highest BCUT2D eigenvalue weighted by atomic mass is 16.5. The monoisotopic (exact) mass is 478 g/mol. The molecule has 0 aliphatic heterocycles.